The lowest BCUT2D eigenvalue weighted by molar-refractivity contribution is -0.645. The molecule has 0 aliphatic heterocycles. The summed E-state index contributed by atoms with van der Waals surface area (Å²) in [6, 6.07) is 13.0. The molecule has 10 rings (SSSR count). The zero-order valence-corrected chi connectivity index (χ0v) is 26.5. The Morgan fingerprint density at radius 1 is 0.878 bits per heavy atom. The Kier molecular flexibility index (Phi) is 6.12. The Labute approximate surface area is 248 Å². The van der Waals surface area contributed by atoms with Crippen molar-refractivity contribution in [2.75, 3.05) is 0 Å². The van der Waals surface area contributed by atoms with Crippen molar-refractivity contribution in [2.24, 2.45) is 30.7 Å². The van der Waals surface area contributed by atoms with E-state index in [1.165, 1.54) is 100 Å². The monoisotopic (exact) mass is 549 g/mol. The van der Waals surface area contributed by atoms with E-state index >= 15 is 0 Å². The Morgan fingerprint density at radius 2 is 1.56 bits per heavy atom. The van der Waals surface area contributed by atoms with Crippen molar-refractivity contribution in [3.05, 3.63) is 58.9 Å². The highest BCUT2D eigenvalue weighted by atomic mass is 15.1. The number of unbranched alkanes of at least 4 members (excludes halogenated alkanes) is 2. The zero-order valence-electron chi connectivity index (χ0n) is 26.5. The third-order valence-electron chi connectivity index (χ3n) is 13.8. The number of nitrogens with zero attached hydrogens (tertiary/aromatic N) is 2. The van der Waals surface area contributed by atoms with Crippen LogP contribution in [0.5, 0.6) is 0 Å². The van der Waals surface area contributed by atoms with Crippen LogP contribution in [-0.4, -0.2) is 4.57 Å². The van der Waals surface area contributed by atoms with Crippen LogP contribution in [0, 0.1) is 23.7 Å². The van der Waals surface area contributed by atoms with E-state index in [-0.39, 0.29) is 0 Å². The summed E-state index contributed by atoms with van der Waals surface area (Å²) >= 11 is 0. The molecule has 2 nitrogen and oxygen atoms in total. The van der Waals surface area contributed by atoms with E-state index in [0.717, 1.165) is 35.5 Å². The third kappa shape index (κ3) is 3.83. The summed E-state index contributed by atoms with van der Waals surface area (Å²) in [5, 5.41) is 0. The summed E-state index contributed by atoms with van der Waals surface area (Å²) < 4.78 is 4.95. The highest BCUT2D eigenvalue weighted by molar-refractivity contribution is 5.77. The van der Waals surface area contributed by atoms with Crippen LogP contribution >= 0.6 is 0 Å². The lowest BCUT2D eigenvalue weighted by atomic mass is 9.51. The molecule has 1 heterocycles. The Morgan fingerprint density at radius 3 is 2.22 bits per heavy atom. The van der Waals surface area contributed by atoms with E-state index in [1.54, 1.807) is 22.3 Å². The number of hydrogen-bond acceptors (Lipinski definition) is 0. The van der Waals surface area contributed by atoms with Gasteiger partial charge in [0.1, 0.15) is 5.69 Å². The van der Waals surface area contributed by atoms with Crippen molar-refractivity contribution in [1.82, 2.24) is 4.57 Å². The van der Waals surface area contributed by atoms with Crippen LogP contribution in [-0.2, 0) is 17.9 Å². The summed E-state index contributed by atoms with van der Waals surface area (Å²) in [6.45, 7) is 9.88. The Balaban J connectivity index is 1.20. The SMILES string of the molecule is CCCCCC12CCC(C)(CC1)c1cc(-n3c[n+](C)c4cc5c(cc43)C3CC4CC5CC(C3)C4C(C)CC)ccc12. The minimum absolute atomic E-state index is 0.352. The minimum Gasteiger partial charge on any atom is -0.232 e. The first-order valence-corrected chi connectivity index (χ1v) is 17.5. The maximum atomic E-state index is 2.66. The van der Waals surface area contributed by atoms with Gasteiger partial charge in [0.2, 0.25) is 6.33 Å². The number of aromatic nitrogens is 2. The molecule has 3 fully saturated rings. The first kappa shape index (κ1) is 26.5. The molecule has 7 aliphatic carbocycles. The van der Waals surface area contributed by atoms with Crippen molar-refractivity contribution >= 4 is 11.0 Å². The lowest BCUT2D eigenvalue weighted by Gasteiger charge is -2.53. The van der Waals surface area contributed by atoms with Crippen molar-refractivity contribution in [3.8, 4) is 5.69 Å². The van der Waals surface area contributed by atoms with Gasteiger partial charge >= 0.3 is 0 Å². The Bertz CT molecular complexity index is 1470. The molecule has 218 valence electrons. The zero-order chi connectivity index (χ0) is 28.1. The van der Waals surface area contributed by atoms with Gasteiger partial charge < -0.3 is 0 Å². The van der Waals surface area contributed by atoms with Crippen LogP contribution in [0.25, 0.3) is 16.7 Å². The second kappa shape index (κ2) is 9.45. The predicted molar refractivity (Wildman–Crippen MR) is 170 cm³/mol. The molecule has 1 aromatic heterocycles. The van der Waals surface area contributed by atoms with Crippen LogP contribution in [0.4, 0.5) is 0 Å². The average molecular weight is 550 g/mol. The van der Waals surface area contributed by atoms with Crippen LogP contribution in [0.2, 0.25) is 0 Å². The first-order valence-electron chi connectivity index (χ1n) is 17.5. The lowest BCUT2D eigenvalue weighted by Crippen LogP contribution is -2.45. The summed E-state index contributed by atoms with van der Waals surface area (Å²) in [5.41, 5.74) is 11.8. The first-order chi connectivity index (χ1) is 19.8. The van der Waals surface area contributed by atoms with Crippen LogP contribution in [0.3, 0.4) is 0 Å². The molecule has 0 amide bonds. The van der Waals surface area contributed by atoms with Gasteiger partial charge in [0.05, 0.1) is 7.05 Å². The topological polar surface area (TPSA) is 8.81 Å². The van der Waals surface area contributed by atoms with Gasteiger partial charge in [-0.1, -0.05) is 59.4 Å². The van der Waals surface area contributed by atoms with E-state index in [1.807, 2.05) is 0 Å². The number of imidazole rings is 1. The van der Waals surface area contributed by atoms with E-state index in [9.17, 15) is 0 Å². The molecule has 7 aliphatic rings. The van der Waals surface area contributed by atoms with E-state index in [2.05, 4.69) is 80.5 Å². The molecule has 3 aromatic rings. The number of fused-ring (bicyclic) bond motifs is 3. The largest absolute Gasteiger partial charge is 0.249 e. The molecule has 6 bridgehead atoms. The van der Waals surface area contributed by atoms with Crippen LogP contribution in [0.15, 0.2) is 36.7 Å². The van der Waals surface area contributed by atoms with Gasteiger partial charge in [-0.2, -0.15) is 4.57 Å². The Hall–Kier alpha value is -2.09. The molecule has 3 saturated carbocycles. The molecule has 0 radical (unpaired) electrons. The minimum atomic E-state index is 0.352. The van der Waals surface area contributed by atoms with Gasteiger partial charge in [-0.25, -0.2) is 4.57 Å². The summed E-state index contributed by atoms with van der Waals surface area (Å²) in [7, 11) is 2.27. The maximum Gasteiger partial charge on any atom is 0.249 e. The highest BCUT2D eigenvalue weighted by Crippen LogP contribution is 2.61. The molecular weight excluding hydrogens is 496 g/mol. The van der Waals surface area contributed by atoms with Crippen molar-refractivity contribution in [2.45, 2.75) is 134 Å². The quantitative estimate of drug-likeness (QED) is 0.205. The fourth-order valence-corrected chi connectivity index (χ4v) is 11.4. The van der Waals surface area contributed by atoms with Gasteiger partial charge in [-0.05, 0) is 151 Å². The van der Waals surface area contributed by atoms with Gasteiger partial charge in [0.25, 0.3) is 0 Å². The van der Waals surface area contributed by atoms with E-state index in [0.29, 0.717) is 10.8 Å². The summed E-state index contributed by atoms with van der Waals surface area (Å²) in [5.74, 6) is 5.30. The van der Waals surface area contributed by atoms with E-state index < -0.39 is 0 Å². The number of hydrogen-bond donors (Lipinski definition) is 0. The smallest absolute Gasteiger partial charge is 0.232 e. The molecule has 0 saturated heterocycles. The summed E-state index contributed by atoms with van der Waals surface area (Å²) in [4.78, 5) is 0. The van der Waals surface area contributed by atoms with Crippen molar-refractivity contribution < 1.29 is 4.57 Å². The molecule has 0 spiro atoms. The molecule has 2 aromatic carbocycles. The second-order valence-corrected chi connectivity index (χ2v) is 15.9. The van der Waals surface area contributed by atoms with Crippen molar-refractivity contribution in [3.63, 3.8) is 0 Å². The van der Waals surface area contributed by atoms with Gasteiger partial charge in [-0.3, -0.25) is 0 Å². The summed E-state index contributed by atoms with van der Waals surface area (Å²) in [6.07, 6.45) is 20.5. The van der Waals surface area contributed by atoms with Gasteiger partial charge in [-0.15, -0.1) is 0 Å². The molecule has 2 heteroatoms. The number of benzene rings is 2. The standard InChI is InChI=1S/C39H53N2/c1-6-8-9-12-39-15-13-38(4,14-16-39)34-21-30(10-11-33(34)39)41-24-40(5)35-22-31-26-17-28-19-27(32(31)23-36(35)41)20-29(18-26)37(28)25(3)7-2/h10-11,21-29,37H,6-9,12-20H2,1-5H3/q+1. The predicted octanol–water partition coefficient (Wildman–Crippen LogP) is 9.78. The maximum absolute atomic E-state index is 2.66. The molecule has 3 unspecified atom stereocenters. The molecular formula is C39H53N2+. The highest BCUT2D eigenvalue weighted by Gasteiger charge is 2.51. The fourth-order valence-electron chi connectivity index (χ4n) is 11.4. The third-order valence-corrected chi connectivity index (χ3v) is 13.8. The molecule has 3 atom stereocenters. The van der Waals surface area contributed by atoms with Crippen LogP contribution < -0.4 is 4.57 Å². The number of aryl methyl sites for hydroxylation is 1. The van der Waals surface area contributed by atoms with Crippen LogP contribution in [0.1, 0.15) is 145 Å². The normalized spacial score (nSPS) is 35.5. The molecule has 41 heavy (non-hydrogen) atoms. The number of rotatable bonds is 7. The fraction of sp³-hybridized carbons (Fsp3) is 0.667. The molecule has 0 N–H and O–H groups in total. The van der Waals surface area contributed by atoms with Gasteiger partial charge in [0, 0.05) is 0 Å². The second-order valence-electron chi connectivity index (χ2n) is 15.9. The van der Waals surface area contributed by atoms with Crippen molar-refractivity contribution in [1.29, 1.82) is 0 Å². The van der Waals surface area contributed by atoms with E-state index in [4.69, 9.17) is 0 Å². The average Bonchev–Trinajstić information content (AvgIpc) is 3.19. The van der Waals surface area contributed by atoms with Gasteiger partial charge in [0.15, 0.2) is 11.0 Å².